The molecule has 17 heavy (non-hydrogen) atoms. The van der Waals surface area contributed by atoms with E-state index in [4.69, 9.17) is 15.7 Å². The van der Waals surface area contributed by atoms with Gasteiger partial charge in [0, 0.05) is 5.69 Å². The number of amidine groups is 1. The summed E-state index contributed by atoms with van der Waals surface area (Å²) in [5.41, 5.74) is 6.90. The fourth-order valence-corrected chi connectivity index (χ4v) is 1.41. The Morgan fingerprint density at radius 1 is 1.59 bits per heavy atom. The van der Waals surface area contributed by atoms with E-state index in [-0.39, 0.29) is 17.3 Å². The molecule has 3 N–H and O–H groups in total. The molecule has 94 valence electrons. The van der Waals surface area contributed by atoms with E-state index in [1.165, 1.54) is 0 Å². The molecule has 0 aliphatic rings. The lowest BCUT2D eigenvalue weighted by Crippen LogP contribution is -2.19. The number of pyridine rings is 1. The Morgan fingerprint density at radius 2 is 2.24 bits per heavy atom. The van der Waals surface area contributed by atoms with Crippen LogP contribution >= 0.6 is 0 Å². The molecule has 0 unspecified atom stereocenters. The zero-order valence-corrected chi connectivity index (χ0v) is 9.44. The maximum absolute atomic E-state index is 12.1. The Labute approximate surface area is 96.9 Å². The van der Waals surface area contributed by atoms with Crippen LogP contribution in [0.15, 0.2) is 11.2 Å². The van der Waals surface area contributed by atoms with Crippen molar-refractivity contribution < 1.29 is 18.7 Å². The highest BCUT2D eigenvalue weighted by Gasteiger charge is 2.16. The SMILES string of the molecule is Cc1cc(C)c(/C(N)=N/O)c(OCC(F)F)n1. The molecular weight excluding hydrogens is 232 g/mol. The minimum atomic E-state index is -2.61. The van der Waals surface area contributed by atoms with Crippen molar-refractivity contribution >= 4 is 5.84 Å². The van der Waals surface area contributed by atoms with Gasteiger partial charge in [-0.1, -0.05) is 5.16 Å². The maximum atomic E-state index is 12.1. The number of ether oxygens (including phenoxy) is 1. The molecule has 0 radical (unpaired) electrons. The second-order valence-corrected chi connectivity index (χ2v) is 3.45. The topological polar surface area (TPSA) is 80.7 Å². The van der Waals surface area contributed by atoms with Gasteiger partial charge in [-0.15, -0.1) is 0 Å². The Bertz CT molecular complexity index is 436. The first-order valence-corrected chi connectivity index (χ1v) is 4.82. The third-order valence-electron chi connectivity index (χ3n) is 2.02. The molecule has 0 bridgehead atoms. The van der Waals surface area contributed by atoms with E-state index < -0.39 is 13.0 Å². The van der Waals surface area contributed by atoms with Gasteiger partial charge in [0.05, 0.1) is 5.56 Å². The summed E-state index contributed by atoms with van der Waals surface area (Å²) in [5.74, 6) is -0.280. The number of aromatic nitrogens is 1. The van der Waals surface area contributed by atoms with Gasteiger partial charge in [0.2, 0.25) is 5.88 Å². The first-order valence-electron chi connectivity index (χ1n) is 4.82. The van der Waals surface area contributed by atoms with Gasteiger partial charge in [-0.3, -0.25) is 0 Å². The van der Waals surface area contributed by atoms with E-state index in [1.54, 1.807) is 19.9 Å². The Balaban J connectivity index is 3.16. The lowest BCUT2D eigenvalue weighted by atomic mass is 10.1. The van der Waals surface area contributed by atoms with E-state index in [9.17, 15) is 8.78 Å². The van der Waals surface area contributed by atoms with E-state index in [1.807, 2.05) is 0 Å². The number of alkyl halides is 2. The summed E-state index contributed by atoms with van der Waals surface area (Å²) in [6.45, 7) is 2.59. The van der Waals surface area contributed by atoms with Crippen LogP contribution in [-0.4, -0.2) is 29.1 Å². The van der Waals surface area contributed by atoms with Crippen LogP contribution in [0.3, 0.4) is 0 Å². The fraction of sp³-hybridized carbons (Fsp3) is 0.400. The van der Waals surface area contributed by atoms with Crippen molar-refractivity contribution in [1.82, 2.24) is 4.98 Å². The zero-order valence-electron chi connectivity index (χ0n) is 9.44. The van der Waals surface area contributed by atoms with E-state index in [0.717, 1.165) is 0 Å². The van der Waals surface area contributed by atoms with Crippen molar-refractivity contribution in [3.63, 3.8) is 0 Å². The molecule has 1 rings (SSSR count). The molecule has 0 amide bonds. The number of aryl methyl sites for hydroxylation is 2. The quantitative estimate of drug-likeness (QED) is 0.364. The van der Waals surface area contributed by atoms with E-state index in [2.05, 4.69) is 10.1 Å². The van der Waals surface area contributed by atoms with Crippen LogP contribution in [0.25, 0.3) is 0 Å². The molecule has 0 spiro atoms. The van der Waals surface area contributed by atoms with Crippen molar-refractivity contribution in [2.75, 3.05) is 6.61 Å². The Morgan fingerprint density at radius 3 is 2.76 bits per heavy atom. The van der Waals surface area contributed by atoms with Crippen LogP contribution in [0.5, 0.6) is 5.88 Å². The van der Waals surface area contributed by atoms with Crippen molar-refractivity contribution in [3.8, 4) is 5.88 Å². The van der Waals surface area contributed by atoms with Gasteiger partial charge < -0.3 is 15.7 Å². The van der Waals surface area contributed by atoms with Crippen molar-refractivity contribution in [2.45, 2.75) is 20.3 Å². The third-order valence-corrected chi connectivity index (χ3v) is 2.02. The number of nitrogens with two attached hydrogens (primary N) is 1. The van der Waals surface area contributed by atoms with Gasteiger partial charge in [0.1, 0.15) is 0 Å². The molecule has 0 aromatic carbocycles. The van der Waals surface area contributed by atoms with Gasteiger partial charge in [-0.05, 0) is 25.5 Å². The minimum Gasteiger partial charge on any atom is -0.471 e. The van der Waals surface area contributed by atoms with Crippen molar-refractivity contribution in [2.24, 2.45) is 10.9 Å². The number of hydrogen-bond acceptors (Lipinski definition) is 4. The molecule has 0 atom stereocenters. The van der Waals surface area contributed by atoms with Crippen LogP contribution in [0, 0.1) is 13.8 Å². The monoisotopic (exact) mass is 245 g/mol. The number of hydrogen-bond donors (Lipinski definition) is 2. The maximum Gasteiger partial charge on any atom is 0.272 e. The highest BCUT2D eigenvalue weighted by molar-refractivity contribution is 6.00. The molecule has 1 aromatic rings. The molecule has 0 saturated carbocycles. The fourth-order valence-electron chi connectivity index (χ4n) is 1.41. The predicted octanol–water partition coefficient (Wildman–Crippen LogP) is 1.44. The van der Waals surface area contributed by atoms with Gasteiger partial charge in [0.25, 0.3) is 6.43 Å². The predicted molar refractivity (Wildman–Crippen MR) is 57.7 cm³/mol. The average Bonchev–Trinajstić information content (AvgIpc) is 2.24. The lowest BCUT2D eigenvalue weighted by molar-refractivity contribution is 0.0793. The molecule has 0 fully saturated rings. The van der Waals surface area contributed by atoms with Crippen LogP contribution in [-0.2, 0) is 0 Å². The lowest BCUT2D eigenvalue weighted by Gasteiger charge is -2.12. The molecule has 1 heterocycles. The van der Waals surface area contributed by atoms with Crippen LogP contribution in [0.4, 0.5) is 8.78 Å². The Kier molecular flexibility index (Phi) is 4.19. The Hall–Kier alpha value is -1.92. The molecule has 0 aliphatic carbocycles. The average molecular weight is 245 g/mol. The summed E-state index contributed by atoms with van der Waals surface area (Å²) >= 11 is 0. The standard InChI is InChI=1S/C10H13F2N3O2/c1-5-3-6(2)14-10(17-4-7(11)12)8(5)9(13)15-16/h3,7,16H,4H2,1-2H3,(H2,13,15). The summed E-state index contributed by atoms with van der Waals surface area (Å²) in [5, 5.41) is 11.4. The third kappa shape index (κ3) is 3.27. The number of halogens is 2. The number of rotatable bonds is 4. The van der Waals surface area contributed by atoms with Gasteiger partial charge in [-0.2, -0.15) is 0 Å². The first kappa shape index (κ1) is 13.1. The molecular formula is C10H13F2N3O2. The smallest absolute Gasteiger partial charge is 0.272 e. The summed E-state index contributed by atoms with van der Waals surface area (Å²) in [6, 6.07) is 1.68. The molecule has 0 saturated heterocycles. The summed E-state index contributed by atoms with van der Waals surface area (Å²) in [6.07, 6.45) is -2.61. The van der Waals surface area contributed by atoms with Crippen LogP contribution in [0.1, 0.15) is 16.8 Å². The largest absolute Gasteiger partial charge is 0.471 e. The summed E-state index contributed by atoms with van der Waals surface area (Å²) < 4.78 is 29.0. The van der Waals surface area contributed by atoms with Gasteiger partial charge >= 0.3 is 0 Å². The second kappa shape index (κ2) is 5.42. The summed E-state index contributed by atoms with van der Waals surface area (Å²) in [4.78, 5) is 3.95. The molecule has 1 aromatic heterocycles. The highest BCUT2D eigenvalue weighted by atomic mass is 19.3. The van der Waals surface area contributed by atoms with Gasteiger partial charge in [-0.25, -0.2) is 13.8 Å². The number of nitrogens with zero attached hydrogens (tertiary/aromatic N) is 2. The van der Waals surface area contributed by atoms with E-state index in [0.29, 0.717) is 11.3 Å². The van der Waals surface area contributed by atoms with Crippen molar-refractivity contribution in [3.05, 3.63) is 22.9 Å². The molecule has 5 nitrogen and oxygen atoms in total. The zero-order chi connectivity index (χ0) is 13.0. The second-order valence-electron chi connectivity index (χ2n) is 3.45. The highest BCUT2D eigenvalue weighted by Crippen LogP contribution is 2.21. The summed E-state index contributed by atoms with van der Waals surface area (Å²) in [7, 11) is 0. The normalized spacial score (nSPS) is 11.9. The molecule has 0 aliphatic heterocycles. The molecule has 7 heteroatoms. The van der Waals surface area contributed by atoms with E-state index >= 15 is 0 Å². The van der Waals surface area contributed by atoms with Crippen LogP contribution < -0.4 is 10.5 Å². The first-order chi connectivity index (χ1) is 7.95. The number of oxime groups is 1. The van der Waals surface area contributed by atoms with Crippen molar-refractivity contribution in [1.29, 1.82) is 0 Å². The van der Waals surface area contributed by atoms with Gasteiger partial charge in [0.15, 0.2) is 12.4 Å². The minimum absolute atomic E-state index is 0.0573. The van der Waals surface area contributed by atoms with Crippen LogP contribution in [0.2, 0.25) is 0 Å².